The Balaban J connectivity index is 1.87. The Kier molecular flexibility index (Phi) is 5.60. The maximum Gasteiger partial charge on any atom is 0.322 e. The number of aryl methyl sites for hydroxylation is 2. The zero-order valence-electron chi connectivity index (χ0n) is 15.9. The van der Waals surface area contributed by atoms with Gasteiger partial charge in [0.2, 0.25) is 0 Å². The van der Waals surface area contributed by atoms with E-state index in [1.54, 1.807) is 19.9 Å². The SMILES string of the molecule is CC(=O)c1ccc(S(=O)(=O)Nc2c(C)nc(Oc3ccccc3F)nc2C)cc1. The Labute approximate surface area is 167 Å². The van der Waals surface area contributed by atoms with E-state index in [-0.39, 0.29) is 28.1 Å². The number of carbonyl (C=O) groups is 1. The number of nitrogens with one attached hydrogen (secondary N) is 1. The Morgan fingerprint density at radius 3 is 2.14 bits per heavy atom. The van der Waals surface area contributed by atoms with Crippen molar-refractivity contribution in [1.29, 1.82) is 0 Å². The first-order valence-electron chi connectivity index (χ1n) is 8.59. The van der Waals surface area contributed by atoms with Crippen LogP contribution >= 0.6 is 0 Å². The molecule has 0 fully saturated rings. The van der Waals surface area contributed by atoms with Crippen LogP contribution in [0.5, 0.6) is 11.8 Å². The van der Waals surface area contributed by atoms with Crippen LogP contribution < -0.4 is 9.46 Å². The highest BCUT2D eigenvalue weighted by Gasteiger charge is 2.19. The second kappa shape index (κ2) is 7.96. The van der Waals surface area contributed by atoms with Crippen LogP contribution in [0, 0.1) is 19.7 Å². The van der Waals surface area contributed by atoms with Gasteiger partial charge in [0.15, 0.2) is 17.3 Å². The number of hydrogen-bond donors (Lipinski definition) is 1. The lowest BCUT2D eigenvalue weighted by Crippen LogP contribution is -2.16. The second-order valence-corrected chi connectivity index (χ2v) is 7.95. The number of hydrogen-bond acceptors (Lipinski definition) is 6. The van der Waals surface area contributed by atoms with Crippen molar-refractivity contribution in [3.8, 4) is 11.8 Å². The molecule has 0 atom stereocenters. The van der Waals surface area contributed by atoms with Crippen molar-refractivity contribution >= 4 is 21.5 Å². The lowest BCUT2D eigenvalue weighted by atomic mass is 10.2. The van der Waals surface area contributed by atoms with E-state index in [9.17, 15) is 17.6 Å². The van der Waals surface area contributed by atoms with Gasteiger partial charge in [-0.25, -0.2) is 12.8 Å². The average molecular weight is 415 g/mol. The summed E-state index contributed by atoms with van der Waals surface area (Å²) in [5.74, 6) is -0.761. The average Bonchev–Trinajstić information content (AvgIpc) is 2.67. The van der Waals surface area contributed by atoms with Gasteiger partial charge in [0.1, 0.15) is 0 Å². The molecule has 3 rings (SSSR count). The number of halogens is 1. The van der Waals surface area contributed by atoms with E-state index in [0.29, 0.717) is 17.0 Å². The van der Waals surface area contributed by atoms with Crippen LogP contribution in [0.25, 0.3) is 0 Å². The molecule has 3 aromatic rings. The fraction of sp³-hybridized carbons (Fsp3) is 0.150. The summed E-state index contributed by atoms with van der Waals surface area (Å²) >= 11 is 0. The smallest absolute Gasteiger partial charge is 0.322 e. The lowest BCUT2D eigenvalue weighted by Gasteiger charge is -2.14. The summed E-state index contributed by atoms with van der Waals surface area (Å²) in [6.45, 7) is 4.57. The molecule has 0 aliphatic carbocycles. The Morgan fingerprint density at radius 1 is 1.00 bits per heavy atom. The standard InChI is InChI=1S/C20H18FN3O4S/c1-12-19(24-29(26,27)16-10-8-15(9-11-16)14(3)25)13(2)23-20(22-12)28-18-7-5-4-6-17(18)21/h4-11,24H,1-3H3. The van der Waals surface area contributed by atoms with E-state index in [1.165, 1.54) is 49.4 Å². The monoisotopic (exact) mass is 415 g/mol. The number of carbonyl (C=O) groups excluding carboxylic acids is 1. The summed E-state index contributed by atoms with van der Waals surface area (Å²) in [5, 5.41) is 0. The molecule has 0 spiro atoms. The van der Waals surface area contributed by atoms with Crippen LogP contribution in [0.15, 0.2) is 53.4 Å². The molecule has 0 aliphatic rings. The van der Waals surface area contributed by atoms with Gasteiger partial charge in [-0.1, -0.05) is 24.3 Å². The van der Waals surface area contributed by atoms with E-state index in [0.717, 1.165) is 0 Å². The van der Waals surface area contributed by atoms with Crippen molar-refractivity contribution in [2.24, 2.45) is 0 Å². The molecule has 2 aromatic carbocycles. The number of para-hydroxylation sites is 1. The summed E-state index contributed by atoms with van der Waals surface area (Å²) < 4.78 is 46.9. The van der Waals surface area contributed by atoms with Crippen LogP contribution in [0.1, 0.15) is 28.7 Å². The van der Waals surface area contributed by atoms with Crippen LogP contribution in [0.4, 0.5) is 10.1 Å². The maximum absolute atomic E-state index is 13.8. The van der Waals surface area contributed by atoms with Crippen LogP contribution in [0.3, 0.4) is 0 Å². The Hall–Kier alpha value is -3.33. The third-order valence-corrected chi connectivity index (χ3v) is 5.46. The van der Waals surface area contributed by atoms with Crippen LogP contribution in [-0.2, 0) is 10.0 Å². The highest BCUT2D eigenvalue weighted by atomic mass is 32.2. The number of ketones is 1. The Bertz CT molecular complexity index is 1160. The van der Waals surface area contributed by atoms with E-state index in [2.05, 4.69) is 14.7 Å². The van der Waals surface area contributed by atoms with Gasteiger partial charge in [-0.15, -0.1) is 0 Å². The molecule has 29 heavy (non-hydrogen) atoms. The molecule has 0 bridgehead atoms. The molecule has 1 heterocycles. The first-order valence-corrected chi connectivity index (χ1v) is 10.1. The van der Waals surface area contributed by atoms with Gasteiger partial charge in [0.05, 0.1) is 22.0 Å². The third kappa shape index (κ3) is 4.57. The summed E-state index contributed by atoms with van der Waals surface area (Å²) in [6, 6.07) is 11.3. The predicted molar refractivity (Wildman–Crippen MR) is 105 cm³/mol. The first-order chi connectivity index (χ1) is 13.7. The second-order valence-electron chi connectivity index (χ2n) is 6.27. The van der Waals surface area contributed by atoms with Crippen molar-refractivity contribution < 1.29 is 22.3 Å². The molecular formula is C20H18FN3O4S. The molecule has 0 saturated heterocycles. The van der Waals surface area contributed by atoms with Gasteiger partial charge in [-0.3, -0.25) is 9.52 Å². The van der Waals surface area contributed by atoms with E-state index in [1.807, 2.05) is 0 Å². The molecule has 0 saturated carbocycles. The molecular weight excluding hydrogens is 397 g/mol. The van der Waals surface area contributed by atoms with Gasteiger partial charge < -0.3 is 4.74 Å². The molecule has 9 heteroatoms. The highest BCUT2D eigenvalue weighted by Crippen LogP contribution is 2.26. The van der Waals surface area contributed by atoms with Crippen molar-refractivity contribution in [2.75, 3.05) is 4.72 Å². The number of Topliss-reactive ketones (excluding diaryl/α,β-unsaturated/α-hetero) is 1. The molecule has 150 valence electrons. The molecule has 1 aromatic heterocycles. The largest absolute Gasteiger partial charge is 0.421 e. The summed E-state index contributed by atoms with van der Waals surface area (Å²) in [6.07, 6.45) is 0. The summed E-state index contributed by atoms with van der Waals surface area (Å²) in [7, 11) is -3.92. The van der Waals surface area contributed by atoms with E-state index < -0.39 is 15.8 Å². The fourth-order valence-electron chi connectivity index (χ4n) is 2.57. The van der Waals surface area contributed by atoms with Crippen LogP contribution in [0.2, 0.25) is 0 Å². The molecule has 7 nitrogen and oxygen atoms in total. The van der Waals surface area contributed by atoms with Crippen molar-refractivity contribution in [3.05, 3.63) is 71.3 Å². The molecule has 0 unspecified atom stereocenters. The minimum atomic E-state index is -3.92. The maximum atomic E-state index is 13.8. The number of ether oxygens (including phenoxy) is 1. The van der Waals surface area contributed by atoms with Crippen LogP contribution in [-0.4, -0.2) is 24.2 Å². The zero-order valence-corrected chi connectivity index (χ0v) is 16.7. The number of sulfonamides is 1. The summed E-state index contributed by atoms with van der Waals surface area (Å²) in [5.41, 5.74) is 1.23. The number of benzene rings is 2. The van der Waals surface area contributed by atoms with E-state index >= 15 is 0 Å². The topological polar surface area (TPSA) is 98.2 Å². The van der Waals surface area contributed by atoms with Gasteiger partial charge in [0.25, 0.3) is 10.0 Å². The van der Waals surface area contributed by atoms with Crippen molar-refractivity contribution in [2.45, 2.75) is 25.7 Å². The number of rotatable bonds is 6. The zero-order chi connectivity index (χ0) is 21.2. The molecule has 0 aliphatic heterocycles. The van der Waals surface area contributed by atoms with Gasteiger partial charge in [0, 0.05) is 5.56 Å². The minimum absolute atomic E-state index is 0.00650. The fourth-order valence-corrected chi connectivity index (χ4v) is 3.74. The molecule has 1 N–H and O–H groups in total. The normalized spacial score (nSPS) is 11.2. The Morgan fingerprint density at radius 2 is 1.59 bits per heavy atom. The molecule has 0 amide bonds. The lowest BCUT2D eigenvalue weighted by molar-refractivity contribution is 0.101. The van der Waals surface area contributed by atoms with Gasteiger partial charge >= 0.3 is 6.01 Å². The highest BCUT2D eigenvalue weighted by molar-refractivity contribution is 7.92. The predicted octanol–water partition coefficient (Wildman–Crippen LogP) is 4.03. The third-order valence-electron chi connectivity index (χ3n) is 4.10. The van der Waals surface area contributed by atoms with Gasteiger partial charge in [-0.2, -0.15) is 9.97 Å². The molecule has 0 radical (unpaired) electrons. The quantitative estimate of drug-likeness (QED) is 0.611. The number of anilines is 1. The minimum Gasteiger partial charge on any atom is -0.421 e. The number of nitrogens with zero attached hydrogens (tertiary/aromatic N) is 2. The van der Waals surface area contributed by atoms with Crippen molar-refractivity contribution in [1.82, 2.24) is 9.97 Å². The first kappa shape index (κ1) is 20.4. The number of aromatic nitrogens is 2. The summed E-state index contributed by atoms with van der Waals surface area (Å²) in [4.78, 5) is 19.6. The van der Waals surface area contributed by atoms with Crippen molar-refractivity contribution in [3.63, 3.8) is 0 Å². The van der Waals surface area contributed by atoms with E-state index in [4.69, 9.17) is 4.74 Å². The van der Waals surface area contributed by atoms with Gasteiger partial charge in [-0.05, 0) is 45.0 Å².